The van der Waals surface area contributed by atoms with Crippen LogP contribution in [0.25, 0.3) is 0 Å². The first kappa shape index (κ1) is 13.5. The average Bonchev–Trinajstić information content (AvgIpc) is 2.82. The van der Waals surface area contributed by atoms with Gasteiger partial charge in [-0.2, -0.15) is 5.26 Å². The normalized spacial score (nSPS) is 27.2. The molecule has 0 unspecified atom stereocenters. The van der Waals surface area contributed by atoms with Gasteiger partial charge in [-0.15, -0.1) is 0 Å². The number of benzene rings is 1. The van der Waals surface area contributed by atoms with E-state index < -0.39 is 0 Å². The first-order chi connectivity index (χ1) is 9.67. The lowest BCUT2D eigenvalue weighted by molar-refractivity contribution is 0.118. The SMILES string of the molecule is CN1CC[C@@H]2CCN(Cc3cc(F)ccc3C#N)[C@@H]2C1. The van der Waals surface area contributed by atoms with Crippen molar-refractivity contribution in [1.29, 1.82) is 5.26 Å². The molecule has 0 saturated carbocycles. The first-order valence-corrected chi connectivity index (χ1v) is 7.28. The van der Waals surface area contributed by atoms with Crippen LogP contribution < -0.4 is 0 Å². The molecule has 3 nitrogen and oxygen atoms in total. The van der Waals surface area contributed by atoms with Crippen molar-refractivity contribution < 1.29 is 4.39 Å². The molecule has 0 aliphatic carbocycles. The fraction of sp³-hybridized carbons (Fsp3) is 0.562. The van der Waals surface area contributed by atoms with Crippen LogP contribution in [-0.4, -0.2) is 42.5 Å². The van der Waals surface area contributed by atoms with Gasteiger partial charge in [-0.05, 0) is 62.7 Å². The highest BCUT2D eigenvalue weighted by atomic mass is 19.1. The van der Waals surface area contributed by atoms with Gasteiger partial charge >= 0.3 is 0 Å². The summed E-state index contributed by atoms with van der Waals surface area (Å²) < 4.78 is 13.4. The van der Waals surface area contributed by atoms with Gasteiger partial charge in [-0.25, -0.2) is 4.39 Å². The maximum absolute atomic E-state index is 13.4. The standard InChI is InChI=1S/C16H20FN3/c1-19-6-4-12-5-7-20(16(12)11-19)10-14-8-15(17)3-2-13(14)9-18/h2-3,8,12,16H,4-7,10-11H2,1H3/t12-,16-/m1/s1. The summed E-state index contributed by atoms with van der Waals surface area (Å²) in [5.74, 6) is 0.515. The molecule has 0 N–H and O–H groups in total. The fourth-order valence-corrected chi connectivity index (χ4v) is 3.60. The fourth-order valence-electron chi connectivity index (χ4n) is 3.60. The number of likely N-dealkylation sites (N-methyl/N-ethyl adjacent to an activating group) is 1. The van der Waals surface area contributed by atoms with Crippen molar-refractivity contribution >= 4 is 0 Å². The molecule has 1 aromatic carbocycles. The zero-order chi connectivity index (χ0) is 14.1. The maximum atomic E-state index is 13.4. The van der Waals surface area contributed by atoms with Crippen molar-refractivity contribution in [3.63, 3.8) is 0 Å². The molecule has 2 aliphatic heterocycles. The Morgan fingerprint density at radius 1 is 1.35 bits per heavy atom. The van der Waals surface area contributed by atoms with Crippen molar-refractivity contribution in [3.05, 3.63) is 35.1 Å². The summed E-state index contributed by atoms with van der Waals surface area (Å²) in [6.45, 7) is 4.01. The van der Waals surface area contributed by atoms with E-state index in [9.17, 15) is 4.39 Å². The maximum Gasteiger partial charge on any atom is 0.123 e. The van der Waals surface area contributed by atoms with Gasteiger partial charge in [0.2, 0.25) is 0 Å². The van der Waals surface area contributed by atoms with Gasteiger partial charge < -0.3 is 4.90 Å². The Hall–Kier alpha value is -1.44. The van der Waals surface area contributed by atoms with Crippen molar-refractivity contribution in [2.75, 3.05) is 26.7 Å². The van der Waals surface area contributed by atoms with Crippen LogP contribution in [0.3, 0.4) is 0 Å². The van der Waals surface area contributed by atoms with Gasteiger partial charge in [0.1, 0.15) is 5.82 Å². The molecule has 2 aliphatic rings. The largest absolute Gasteiger partial charge is 0.305 e. The molecule has 3 rings (SSSR count). The summed E-state index contributed by atoms with van der Waals surface area (Å²) in [6.07, 6.45) is 2.49. The van der Waals surface area contributed by atoms with E-state index in [1.165, 1.54) is 31.5 Å². The van der Waals surface area contributed by atoms with Crippen molar-refractivity contribution in [3.8, 4) is 6.07 Å². The Morgan fingerprint density at radius 3 is 2.95 bits per heavy atom. The van der Waals surface area contributed by atoms with Gasteiger partial charge in [-0.3, -0.25) is 4.90 Å². The van der Waals surface area contributed by atoms with Gasteiger partial charge in [0, 0.05) is 19.1 Å². The van der Waals surface area contributed by atoms with Crippen LogP contribution in [0.5, 0.6) is 0 Å². The third kappa shape index (κ3) is 2.56. The second-order valence-corrected chi connectivity index (χ2v) is 6.05. The topological polar surface area (TPSA) is 30.3 Å². The number of hydrogen-bond acceptors (Lipinski definition) is 3. The molecule has 0 bridgehead atoms. The molecule has 2 saturated heterocycles. The summed E-state index contributed by atoms with van der Waals surface area (Å²) in [5.41, 5.74) is 1.42. The van der Waals surface area contributed by atoms with E-state index in [4.69, 9.17) is 5.26 Å². The number of halogens is 1. The Morgan fingerprint density at radius 2 is 2.15 bits per heavy atom. The Bertz CT molecular complexity index is 537. The lowest BCUT2D eigenvalue weighted by Gasteiger charge is -2.36. The van der Waals surface area contributed by atoms with E-state index in [0.29, 0.717) is 18.2 Å². The second-order valence-electron chi connectivity index (χ2n) is 6.05. The van der Waals surface area contributed by atoms with E-state index in [1.807, 2.05) is 0 Å². The molecule has 20 heavy (non-hydrogen) atoms. The Balaban J connectivity index is 1.78. The second kappa shape index (κ2) is 5.51. The molecule has 1 aromatic rings. The number of nitrogens with zero attached hydrogens (tertiary/aromatic N) is 3. The Kier molecular flexibility index (Phi) is 3.73. The third-order valence-corrected chi connectivity index (χ3v) is 4.74. The summed E-state index contributed by atoms with van der Waals surface area (Å²) in [6, 6.07) is 7.20. The molecule has 4 heteroatoms. The molecule has 0 aromatic heterocycles. The Labute approximate surface area is 119 Å². The number of nitriles is 1. The zero-order valence-electron chi connectivity index (χ0n) is 11.8. The van der Waals surface area contributed by atoms with Crippen LogP contribution in [0, 0.1) is 23.1 Å². The number of fused-ring (bicyclic) bond motifs is 1. The molecular weight excluding hydrogens is 253 g/mol. The van der Waals surface area contributed by atoms with E-state index in [-0.39, 0.29) is 5.82 Å². The molecule has 106 valence electrons. The first-order valence-electron chi connectivity index (χ1n) is 7.28. The minimum absolute atomic E-state index is 0.254. The summed E-state index contributed by atoms with van der Waals surface area (Å²) in [7, 11) is 2.16. The number of likely N-dealkylation sites (tertiary alicyclic amines) is 2. The smallest absolute Gasteiger partial charge is 0.123 e. The minimum Gasteiger partial charge on any atom is -0.305 e. The van der Waals surface area contributed by atoms with Crippen molar-refractivity contribution in [2.24, 2.45) is 5.92 Å². The lowest BCUT2D eigenvalue weighted by Crippen LogP contribution is -2.46. The third-order valence-electron chi connectivity index (χ3n) is 4.74. The number of hydrogen-bond donors (Lipinski definition) is 0. The zero-order valence-corrected chi connectivity index (χ0v) is 11.8. The number of piperidine rings is 1. The molecule has 0 radical (unpaired) electrons. The van der Waals surface area contributed by atoms with E-state index in [1.54, 1.807) is 6.07 Å². The van der Waals surface area contributed by atoms with Crippen LogP contribution in [0.2, 0.25) is 0 Å². The summed E-state index contributed by atoms with van der Waals surface area (Å²) >= 11 is 0. The quantitative estimate of drug-likeness (QED) is 0.827. The van der Waals surface area contributed by atoms with Gasteiger partial charge in [0.25, 0.3) is 0 Å². The highest BCUT2D eigenvalue weighted by Crippen LogP contribution is 2.32. The van der Waals surface area contributed by atoms with Crippen LogP contribution in [-0.2, 0) is 6.54 Å². The van der Waals surface area contributed by atoms with E-state index >= 15 is 0 Å². The lowest BCUT2D eigenvalue weighted by atomic mass is 9.92. The molecule has 2 heterocycles. The molecule has 0 amide bonds. The van der Waals surface area contributed by atoms with Gasteiger partial charge in [0.05, 0.1) is 11.6 Å². The average molecular weight is 273 g/mol. The van der Waals surface area contributed by atoms with Crippen LogP contribution in [0.1, 0.15) is 24.0 Å². The van der Waals surface area contributed by atoms with Crippen LogP contribution in [0.15, 0.2) is 18.2 Å². The highest BCUT2D eigenvalue weighted by molar-refractivity contribution is 5.37. The molecule has 0 spiro atoms. The van der Waals surface area contributed by atoms with Crippen LogP contribution >= 0.6 is 0 Å². The van der Waals surface area contributed by atoms with E-state index in [2.05, 4.69) is 22.9 Å². The van der Waals surface area contributed by atoms with Gasteiger partial charge in [-0.1, -0.05) is 0 Å². The number of rotatable bonds is 2. The molecule has 2 fully saturated rings. The van der Waals surface area contributed by atoms with Crippen LogP contribution in [0.4, 0.5) is 4.39 Å². The summed E-state index contributed by atoms with van der Waals surface area (Å²) in [4.78, 5) is 4.80. The van der Waals surface area contributed by atoms with E-state index in [0.717, 1.165) is 24.6 Å². The predicted octanol–water partition coefficient (Wildman–Crippen LogP) is 2.22. The minimum atomic E-state index is -0.254. The monoisotopic (exact) mass is 273 g/mol. The molecule has 2 atom stereocenters. The van der Waals surface area contributed by atoms with Crippen molar-refractivity contribution in [2.45, 2.75) is 25.4 Å². The summed E-state index contributed by atoms with van der Waals surface area (Å²) in [5, 5.41) is 9.16. The van der Waals surface area contributed by atoms with Gasteiger partial charge in [0.15, 0.2) is 0 Å². The predicted molar refractivity (Wildman–Crippen MR) is 75.5 cm³/mol. The molecular formula is C16H20FN3. The van der Waals surface area contributed by atoms with Crippen molar-refractivity contribution in [1.82, 2.24) is 9.80 Å². The highest BCUT2D eigenvalue weighted by Gasteiger charge is 2.37.